The van der Waals surface area contributed by atoms with Crippen LogP contribution in [0.3, 0.4) is 0 Å². The van der Waals surface area contributed by atoms with Crippen LogP contribution in [0.25, 0.3) is 0 Å². The van der Waals surface area contributed by atoms with Crippen molar-refractivity contribution in [2.24, 2.45) is 5.92 Å². The van der Waals surface area contributed by atoms with Gasteiger partial charge in [0.25, 0.3) is 0 Å². The average Bonchev–Trinajstić information content (AvgIpc) is 2.96. The summed E-state index contributed by atoms with van der Waals surface area (Å²) in [6.45, 7) is 2.29. The molecule has 0 aliphatic heterocycles. The molecule has 2 aliphatic carbocycles. The van der Waals surface area contributed by atoms with Gasteiger partial charge < -0.3 is 9.47 Å². The Kier molecular flexibility index (Phi) is 9.62. The lowest BCUT2D eigenvalue weighted by Gasteiger charge is -2.38. The maximum Gasteiger partial charge on any atom is 0.243 e. The van der Waals surface area contributed by atoms with E-state index in [1.165, 1.54) is 28.6 Å². The van der Waals surface area contributed by atoms with Crippen molar-refractivity contribution in [3.63, 3.8) is 0 Å². The molecule has 2 aromatic carbocycles. The van der Waals surface area contributed by atoms with Gasteiger partial charge >= 0.3 is 0 Å². The first-order valence-electron chi connectivity index (χ1n) is 13.9. The van der Waals surface area contributed by atoms with E-state index in [2.05, 4.69) is 6.92 Å². The molecule has 0 bridgehead atoms. The highest BCUT2D eigenvalue weighted by molar-refractivity contribution is 7.89. The SMILES string of the molecule is COc1ccc(CN([C@H]2CCCC[C@@H]2C)S(=O)(=O)c2ccc(S(=O)(=O)N(C)C3CCCCC3)cc2)cc1OC. The van der Waals surface area contributed by atoms with Crippen LogP contribution in [0.5, 0.6) is 11.5 Å². The smallest absolute Gasteiger partial charge is 0.243 e. The lowest BCUT2D eigenvalue weighted by molar-refractivity contribution is 0.185. The molecule has 0 unspecified atom stereocenters. The van der Waals surface area contributed by atoms with Crippen molar-refractivity contribution in [2.75, 3.05) is 21.3 Å². The van der Waals surface area contributed by atoms with Crippen LogP contribution in [0.1, 0.15) is 70.3 Å². The summed E-state index contributed by atoms with van der Waals surface area (Å²) in [7, 11) is -2.88. The van der Waals surface area contributed by atoms with Crippen molar-refractivity contribution in [2.45, 2.75) is 93.1 Å². The molecule has 0 amide bonds. The van der Waals surface area contributed by atoms with Gasteiger partial charge in [0.05, 0.1) is 24.0 Å². The Bertz CT molecular complexity index is 1320. The second-order valence-electron chi connectivity index (χ2n) is 10.9. The molecule has 0 radical (unpaired) electrons. The highest BCUT2D eigenvalue weighted by Crippen LogP contribution is 2.35. The first-order valence-corrected chi connectivity index (χ1v) is 16.8. The average molecular weight is 579 g/mol. The van der Waals surface area contributed by atoms with E-state index in [-0.39, 0.29) is 34.3 Å². The maximum atomic E-state index is 14.1. The quantitative estimate of drug-likeness (QED) is 0.373. The number of sulfonamides is 2. The first-order chi connectivity index (χ1) is 18.6. The van der Waals surface area contributed by atoms with Crippen LogP contribution in [0.2, 0.25) is 0 Å². The summed E-state index contributed by atoms with van der Waals surface area (Å²) in [6.07, 6.45) is 8.70. The zero-order chi connectivity index (χ0) is 28.2. The molecular formula is C29H42N2O6S2. The van der Waals surface area contributed by atoms with E-state index < -0.39 is 20.0 Å². The van der Waals surface area contributed by atoms with Crippen molar-refractivity contribution in [1.82, 2.24) is 8.61 Å². The largest absolute Gasteiger partial charge is 0.493 e. The minimum Gasteiger partial charge on any atom is -0.493 e. The Labute approximate surface area is 234 Å². The molecule has 0 spiro atoms. The Hall–Kier alpha value is -2.14. The van der Waals surface area contributed by atoms with Crippen molar-refractivity contribution in [1.29, 1.82) is 0 Å². The van der Waals surface area contributed by atoms with Gasteiger partial charge in [0.1, 0.15) is 0 Å². The fraction of sp³-hybridized carbons (Fsp3) is 0.586. The molecule has 4 rings (SSSR count). The van der Waals surface area contributed by atoms with E-state index in [0.29, 0.717) is 11.5 Å². The molecule has 0 heterocycles. The van der Waals surface area contributed by atoms with Crippen LogP contribution in [0, 0.1) is 5.92 Å². The molecule has 39 heavy (non-hydrogen) atoms. The zero-order valence-corrected chi connectivity index (χ0v) is 25.1. The van der Waals surface area contributed by atoms with E-state index in [4.69, 9.17) is 9.47 Å². The highest BCUT2D eigenvalue weighted by atomic mass is 32.2. The lowest BCUT2D eigenvalue weighted by Crippen LogP contribution is -2.44. The number of ether oxygens (including phenoxy) is 2. The van der Waals surface area contributed by atoms with Gasteiger partial charge in [-0.25, -0.2) is 16.8 Å². The summed E-state index contributed by atoms with van der Waals surface area (Å²) >= 11 is 0. The summed E-state index contributed by atoms with van der Waals surface area (Å²) in [5, 5.41) is 0. The third-order valence-electron chi connectivity index (χ3n) is 8.42. The fourth-order valence-electron chi connectivity index (χ4n) is 5.99. The van der Waals surface area contributed by atoms with Gasteiger partial charge in [-0.1, -0.05) is 45.1 Å². The van der Waals surface area contributed by atoms with E-state index >= 15 is 0 Å². The van der Waals surface area contributed by atoms with Crippen molar-refractivity contribution >= 4 is 20.0 Å². The molecule has 216 valence electrons. The van der Waals surface area contributed by atoms with Crippen LogP contribution in [0.4, 0.5) is 0 Å². The predicted octanol–water partition coefficient (Wildman–Crippen LogP) is 5.43. The molecule has 2 saturated carbocycles. The number of benzene rings is 2. The van der Waals surface area contributed by atoms with Gasteiger partial charge in [-0.3, -0.25) is 0 Å². The summed E-state index contributed by atoms with van der Waals surface area (Å²) in [5.74, 6) is 1.33. The second kappa shape index (κ2) is 12.6. The van der Waals surface area contributed by atoms with Gasteiger partial charge in [-0.2, -0.15) is 8.61 Å². The van der Waals surface area contributed by atoms with E-state index in [0.717, 1.165) is 63.4 Å². The zero-order valence-electron chi connectivity index (χ0n) is 23.5. The predicted molar refractivity (Wildman–Crippen MR) is 152 cm³/mol. The molecule has 2 atom stereocenters. The topological polar surface area (TPSA) is 93.2 Å². The lowest BCUT2D eigenvalue weighted by atomic mass is 9.86. The summed E-state index contributed by atoms with van der Waals surface area (Å²) < 4.78 is 68.7. The van der Waals surface area contributed by atoms with Gasteiger partial charge in [0.15, 0.2) is 11.5 Å². The van der Waals surface area contributed by atoms with Crippen molar-refractivity contribution in [3.8, 4) is 11.5 Å². The third-order valence-corrected chi connectivity index (χ3v) is 12.2. The Morgan fingerprint density at radius 2 is 1.31 bits per heavy atom. The third kappa shape index (κ3) is 6.45. The normalized spacial score (nSPS) is 21.3. The minimum atomic E-state index is -3.92. The molecule has 2 fully saturated rings. The first kappa shape index (κ1) is 29.8. The number of hydrogen-bond acceptors (Lipinski definition) is 6. The van der Waals surface area contributed by atoms with Crippen LogP contribution in [-0.4, -0.2) is 58.8 Å². The van der Waals surface area contributed by atoms with Crippen LogP contribution in [0.15, 0.2) is 52.3 Å². The number of nitrogens with zero attached hydrogens (tertiary/aromatic N) is 2. The minimum absolute atomic E-state index is 0.0167. The molecule has 0 N–H and O–H groups in total. The van der Waals surface area contributed by atoms with Crippen molar-refractivity contribution in [3.05, 3.63) is 48.0 Å². The fourth-order valence-corrected chi connectivity index (χ4v) is 9.15. The summed E-state index contributed by atoms with van der Waals surface area (Å²) in [4.78, 5) is 0.215. The molecule has 2 aromatic rings. The molecule has 10 heteroatoms. The molecular weight excluding hydrogens is 536 g/mol. The number of hydrogen-bond donors (Lipinski definition) is 0. The van der Waals surface area contributed by atoms with Crippen LogP contribution in [-0.2, 0) is 26.6 Å². The second-order valence-corrected chi connectivity index (χ2v) is 14.7. The molecule has 0 saturated heterocycles. The van der Waals surface area contributed by atoms with Gasteiger partial charge in [-0.15, -0.1) is 0 Å². The van der Waals surface area contributed by atoms with E-state index in [9.17, 15) is 16.8 Å². The number of methoxy groups -OCH3 is 2. The van der Waals surface area contributed by atoms with Crippen molar-refractivity contribution < 1.29 is 26.3 Å². The van der Waals surface area contributed by atoms with E-state index in [1.807, 2.05) is 12.1 Å². The van der Waals surface area contributed by atoms with Crippen LogP contribution >= 0.6 is 0 Å². The highest BCUT2D eigenvalue weighted by Gasteiger charge is 2.37. The maximum absolute atomic E-state index is 14.1. The Morgan fingerprint density at radius 3 is 1.90 bits per heavy atom. The summed E-state index contributed by atoms with van der Waals surface area (Å²) in [6, 6.07) is 11.0. The van der Waals surface area contributed by atoms with Gasteiger partial charge in [0.2, 0.25) is 20.0 Å². The standard InChI is InChI=1S/C29H42N2O6S2/c1-22-10-8-9-13-27(22)31(21-23-14-19-28(36-3)29(20-23)37-4)39(34,35)26-17-15-25(16-18-26)38(32,33)30(2)24-11-6-5-7-12-24/h14-20,22,24,27H,5-13,21H2,1-4H3/t22-,27-/m0/s1. The molecule has 8 nitrogen and oxygen atoms in total. The number of rotatable bonds is 10. The molecule has 2 aliphatic rings. The summed E-state index contributed by atoms with van der Waals surface area (Å²) in [5.41, 5.74) is 0.794. The monoisotopic (exact) mass is 578 g/mol. The Balaban J connectivity index is 1.65. The van der Waals surface area contributed by atoms with Crippen LogP contribution < -0.4 is 9.47 Å². The van der Waals surface area contributed by atoms with Gasteiger partial charge in [0, 0.05) is 25.7 Å². The van der Waals surface area contributed by atoms with E-state index in [1.54, 1.807) is 31.6 Å². The van der Waals surface area contributed by atoms with Gasteiger partial charge in [-0.05, 0) is 73.6 Å². The Morgan fingerprint density at radius 1 is 0.744 bits per heavy atom. The molecule has 0 aromatic heterocycles.